The van der Waals surface area contributed by atoms with Crippen LogP contribution in [0.25, 0.3) is 0 Å². The minimum atomic E-state index is 0.710. The van der Waals surface area contributed by atoms with Crippen LogP contribution in [-0.4, -0.2) is 40.4 Å². The molecule has 1 aromatic rings. The van der Waals surface area contributed by atoms with Crippen molar-refractivity contribution in [1.29, 1.82) is 0 Å². The summed E-state index contributed by atoms with van der Waals surface area (Å²) < 4.78 is 1.86. The molecule has 1 saturated heterocycles. The highest BCUT2D eigenvalue weighted by atomic mass is 15.3. The first-order valence-electron chi connectivity index (χ1n) is 5.23. The fourth-order valence-electron chi connectivity index (χ4n) is 1.79. The van der Waals surface area contributed by atoms with E-state index >= 15 is 0 Å². The van der Waals surface area contributed by atoms with Crippen LogP contribution < -0.4 is 5.32 Å². The minimum Gasteiger partial charge on any atom is -0.314 e. The monoisotopic (exact) mass is 194 g/mol. The third kappa shape index (κ3) is 1.96. The molecule has 0 radical (unpaired) electrons. The van der Waals surface area contributed by atoms with E-state index in [1.54, 1.807) is 0 Å². The summed E-state index contributed by atoms with van der Waals surface area (Å²) in [5, 5.41) is 7.69. The van der Waals surface area contributed by atoms with Crippen molar-refractivity contribution < 1.29 is 0 Å². The molecule has 0 unspecified atom stereocenters. The number of rotatable bonds is 4. The van der Waals surface area contributed by atoms with Crippen molar-refractivity contribution in [2.45, 2.75) is 19.5 Å². The number of aromatic nitrogens is 2. The topological polar surface area (TPSA) is 33.1 Å². The molecule has 4 nitrogen and oxygen atoms in total. The molecule has 0 amide bonds. The smallest absolute Gasteiger partial charge is 0.0764 e. The van der Waals surface area contributed by atoms with E-state index in [-0.39, 0.29) is 0 Å². The molecule has 2 heterocycles. The van der Waals surface area contributed by atoms with E-state index in [1.165, 1.54) is 5.69 Å². The summed E-state index contributed by atoms with van der Waals surface area (Å²) in [6.45, 7) is 6.54. The molecule has 1 aliphatic rings. The lowest BCUT2D eigenvalue weighted by Gasteiger charge is -2.37. The maximum Gasteiger partial charge on any atom is 0.0764 e. The average molecular weight is 194 g/mol. The zero-order valence-corrected chi connectivity index (χ0v) is 8.90. The Morgan fingerprint density at radius 3 is 2.86 bits per heavy atom. The molecule has 14 heavy (non-hydrogen) atoms. The van der Waals surface area contributed by atoms with Crippen LogP contribution in [0.4, 0.5) is 0 Å². The standard InChI is InChI=1S/C10H18N4/c1-3-14(10-6-11-7-10)8-9-4-5-13(2)12-9/h4-5,10-11H,3,6-8H2,1-2H3. The molecule has 1 N–H and O–H groups in total. The number of aryl methyl sites for hydroxylation is 1. The molecule has 4 heteroatoms. The van der Waals surface area contributed by atoms with Crippen LogP contribution >= 0.6 is 0 Å². The maximum atomic E-state index is 4.39. The Bertz CT molecular complexity index is 290. The highest BCUT2D eigenvalue weighted by Gasteiger charge is 2.23. The predicted octanol–water partition coefficient (Wildman–Crippen LogP) is 0.214. The fourth-order valence-corrected chi connectivity index (χ4v) is 1.79. The van der Waals surface area contributed by atoms with E-state index in [1.807, 2.05) is 17.9 Å². The molecule has 0 saturated carbocycles. The first kappa shape index (κ1) is 9.68. The third-order valence-electron chi connectivity index (χ3n) is 2.82. The molecular weight excluding hydrogens is 176 g/mol. The number of likely N-dealkylation sites (N-methyl/N-ethyl adjacent to an activating group) is 1. The van der Waals surface area contributed by atoms with Gasteiger partial charge in [0.25, 0.3) is 0 Å². The van der Waals surface area contributed by atoms with Crippen molar-refractivity contribution in [3.05, 3.63) is 18.0 Å². The largest absolute Gasteiger partial charge is 0.314 e. The van der Waals surface area contributed by atoms with Gasteiger partial charge in [-0.25, -0.2) is 0 Å². The van der Waals surface area contributed by atoms with Gasteiger partial charge in [0, 0.05) is 38.9 Å². The van der Waals surface area contributed by atoms with Gasteiger partial charge in [-0.1, -0.05) is 6.92 Å². The van der Waals surface area contributed by atoms with E-state index in [0.29, 0.717) is 6.04 Å². The van der Waals surface area contributed by atoms with Crippen LogP contribution in [-0.2, 0) is 13.6 Å². The summed E-state index contributed by atoms with van der Waals surface area (Å²) in [5.41, 5.74) is 1.17. The van der Waals surface area contributed by atoms with Gasteiger partial charge in [0.05, 0.1) is 5.69 Å². The van der Waals surface area contributed by atoms with Crippen molar-refractivity contribution in [2.24, 2.45) is 7.05 Å². The molecule has 1 aliphatic heterocycles. The second kappa shape index (κ2) is 4.11. The summed E-state index contributed by atoms with van der Waals surface area (Å²) in [6, 6.07) is 2.80. The van der Waals surface area contributed by atoms with E-state index in [4.69, 9.17) is 0 Å². The van der Waals surface area contributed by atoms with Crippen molar-refractivity contribution in [3.8, 4) is 0 Å². The molecule has 0 aromatic carbocycles. The van der Waals surface area contributed by atoms with Gasteiger partial charge in [0.15, 0.2) is 0 Å². The Balaban J connectivity index is 1.93. The first-order chi connectivity index (χ1) is 6.79. The Kier molecular flexibility index (Phi) is 2.84. The van der Waals surface area contributed by atoms with Gasteiger partial charge in [0.1, 0.15) is 0 Å². The lowest BCUT2D eigenvalue weighted by atomic mass is 10.1. The predicted molar refractivity (Wildman–Crippen MR) is 55.9 cm³/mol. The van der Waals surface area contributed by atoms with Gasteiger partial charge < -0.3 is 5.32 Å². The molecule has 2 rings (SSSR count). The van der Waals surface area contributed by atoms with E-state index < -0.39 is 0 Å². The summed E-state index contributed by atoms with van der Waals surface area (Å²) in [7, 11) is 1.96. The van der Waals surface area contributed by atoms with E-state index in [0.717, 1.165) is 26.2 Å². The Hall–Kier alpha value is -0.870. The average Bonchev–Trinajstić information content (AvgIpc) is 2.47. The zero-order chi connectivity index (χ0) is 9.97. The van der Waals surface area contributed by atoms with Gasteiger partial charge in [-0.2, -0.15) is 5.10 Å². The maximum absolute atomic E-state index is 4.39. The molecule has 1 fully saturated rings. The molecular formula is C10H18N4. The van der Waals surface area contributed by atoms with E-state index in [2.05, 4.69) is 28.3 Å². The molecule has 1 aromatic heterocycles. The highest BCUT2D eigenvalue weighted by Crippen LogP contribution is 2.09. The van der Waals surface area contributed by atoms with Crippen LogP contribution in [0.1, 0.15) is 12.6 Å². The van der Waals surface area contributed by atoms with Crippen molar-refractivity contribution in [2.75, 3.05) is 19.6 Å². The third-order valence-corrected chi connectivity index (χ3v) is 2.82. The van der Waals surface area contributed by atoms with Gasteiger partial charge in [-0.05, 0) is 12.6 Å². The zero-order valence-electron chi connectivity index (χ0n) is 8.90. The summed E-state index contributed by atoms with van der Waals surface area (Å²) >= 11 is 0. The quantitative estimate of drug-likeness (QED) is 0.744. The minimum absolute atomic E-state index is 0.710. The molecule has 0 aliphatic carbocycles. The highest BCUT2D eigenvalue weighted by molar-refractivity contribution is 5.00. The van der Waals surface area contributed by atoms with Crippen LogP contribution in [0, 0.1) is 0 Å². The number of nitrogens with zero attached hydrogens (tertiary/aromatic N) is 3. The SMILES string of the molecule is CCN(Cc1ccn(C)n1)C1CNC1. The van der Waals surface area contributed by atoms with Gasteiger partial charge in [-0.3, -0.25) is 9.58 Å². The van der Waals surface area contributed by atoms with Crippen molar-refractivity contribution in [1.82, 2.24) is 20.0 Å². The second-order valence-corrected chi connectivity index (χ2v) is 3.86. The molecule has 0 bridgehead atoms. The van der Waals surface area contributed by atoms with Crippen LogP contribution in [0.2, 0.25) is 0 Å². The fraction of sp³-hybridized carbons (Fsp3) is 0.700. The summed E-state index contributed by atoms with van der Waals surface area (Å²) in [4.78, 5) is 2.47. The van der Waals surface area contributed by atoms with Gasteiger partial charge in [0.2, 0.25) is 0 Å². The van der Waals surface area contributed by atoms with Crippen LogP contribution in [0.3, 0.4) is 0 Å². The first-order valence-corrected chi connectivity index (χ1v) is 5.23. The second-order valence-electron chi connectivity index (χ2n) is 3.86. The lowest BCUT2D eigenvalue weighted by Crippen LogP contribution is -2.56. The molecule has 0 atom stereocenters. The van der Waals surface area contributed by atoms with Crippen LogP contribution in [0.15, 0.2) is 12.3 Å². The van der Waals surface area contributed by atoms with E-state index in [9.17, 15) is 0 Å². The molecule has 78 valence electrons. The van der Waals surface area contributed by atoms with Crippen molar-refractivity contribution >= 4 is 0 Å². The van der Waals surface area contributed by atoms with Gasteiger partial charge in [-0.15, -0.1) is 0 Å². The Labute approximate surface area is 84.9 Å². The number of hydrogen-bond acceptors (Lipinski definition) is 3. The van der Waals surface area contributed by atoms with Gasteiger partial charge >= 0.3 is 0 Å². The number of hydrogen-bond donors (Lipinski definition) is 1. The van der Waals surface area contributed by atoms with Crippen molar-refractivity contribution in [3.63, 3.8) is 0 Å². The molecule has 0 spiro atoms. The Morgan fingerprint density at radius 2 is 2.43 bits per heavy atom. The number of nitrogens with one attached hydrogen (secondary N) is 1. The summed E-state index contributed by atoms with van der Waals surface area (Å²) in [6.07, 6.45) is 2.00. The van der Waals surface area contributed by atoms with Crippen LogP contribution in [0.5, 0.6) is 0 Å². The summed E-state index contributed by atoms with van der Waals surface area (Å²) in [5.74, 6) is 0. The normalized spacial score (nSPS) is 17.4. The Morgan fingerprint density at radius 1 is 1.64 bits per heavy atom. The lowest BCUT2D eigenvalue weighted by molar-refractivity contribution is 0.143.